The molecule has 0 radical (unpaired) electrons. The van der Waals surface area contributed by atoms with Crippen molar-refractivity contribution in [3.8, 4) is 0 Å². The largest absolute Gasteiger partial charge is 0.338 e. The van der Waals surface area contributed by atoms with E-state index in [1.165, 1.54) is 16.5 Å². The Hall–Kier alpha value is -2.29. The molecule has 0 aliphatic heterocycles. The minimum atomic E-state index is 0.635. The SMILES string of the molecule is S=c1sc2ccccc2n1CSc1nnc2c(n1)[nH]c1ccccc12. The molecule has 3 aromatic heterocycles. The highest BCUT2D eigenvalue weighted by Gasteiger charge is 2.10. The summed E-state index contributed by atoms with van der Waals surface area (Å²) in [5.74, 6) is 0.663. The summed E-state index contributed by atoms with van der Waals surface area (Å²) in [6.07, 6.45) is 0. The van der Waals surface area contributed by atoms with Crippen LogP contribution in [0, 0.1) is 3.95 Å². The second kappa shape index (κ2) is 5.91. The second-order valence-corrected chi connectivity index (χ2v) is 8.09. The van der Waals surface area contributed by atoms with Gasteiger partial charge in [-0.3, -0.25) is 0 Å². The van der Waals surface area contributed by atoms with Crippen LogP contribution in [0.5, 0.6) is 0 Å². The van der Waals surface area contributed by atoms with Gasteiger partial charge in [-0.15, -0.1) is 21.5 Å². The number of hydrogen-bond donors (Lipinski definition) is 1. The van der Waals surface area contributed by atoms with Gasteiger partial charge >= 0.3 is 0 Å². The van der Waals surface area contributed by atoms with Gasteiger partial charge in [0, 0.05) is 10.9 Å². The Morgan fingerprint density at radius 3 is 2.88 bits per heavy atom. The van der Waals surface area contributed by atoms with Gasteiger partial charge in [-0.05, 0) is 30.4 Å². The van der Waals surface area contributed by atoms with Crippen LogP contribution in [0.15, 0.2) is 53.7 Å². The first kappa shape index (κ1) is 15.0. The topological polar surface area (TPSA) is 59.4 Å². The van der Waals surface area contributed by atoms with E-state index in [0.717, 1.165) is 31.5 Å². The molecule has 0 aliphatic rings. The third kappa shape index (κ3) is 2.53. The van der Waals surface area contributed by atoms with Crippen molar-refractivity contribution in [2.24, 2.45) is 0 Å². The van der Waals surface area contributed by atoms with Gasteiger partial charge in [0.15, 0.2) is 9.60 Å². The van der Waals surface area contributed by atoms with Crippen molar-refractivity contribution in [2.45, 2.75) is 11.0 Å². The number of aromatic nitrogens is 5. The van der Waals surface area contributed by atoms with E-state index in [1.807, 2.05) is 36.4 Å². The third-order valence-corrected chi connectivity index (χ3v) is 6.25. The van der Waals surface area contributed by atoms with Crippen LogP contribution in [-0.2, 0) is 5.88 Å². The summed E-state index contributed by atoms with van der Waals surface area (Å²) in [7, 11) is 0. The lowest BCUT2D eigenvalue weighted by Gasteiger charge is -2.03. The van der Waals surface area contributed by atoms with Crippen molar-refractivity contribution in [3.63, 3.8) is 0 Å². The molecule has 5 aromatic rings. The number of nitrogens with one attached hydrogen (secondary N) is 1. The summed E-state index contributed by atoms with van der Waals surface area (Å²) in [5, 5.41) is 10.3. The zero-order valence-corrected chi connectivity index (χ0v) is 15.3. The van der Waals surface area contributed by atoms with E-state index < -0.39 is 0 Å². The molecule has 8 heteroatoms. The van der Waals surface area contributed by atoms with Crippen LogP contribution in [0.4, 0.5) is 0 Å². The quantitative estimate of drug-likeness (QED) is 0.352. The van der Waals surface area contributed by atoms with Gasteiger partial charge in [-0.1, -0.05) is 42.1 Å². The van der Waals surface area contributed by atoms with E-state index in [9.17, 15) is 0 Å². The van der Waals surface area contributed by atoms with Gasteiger partial charge in [-0.25, -0.2) is 4.98 Å². The number of thiazole rings is 1. The molecule has 3 heterocycles. The predicted molar refractivity (Wildman–Crippen MR) is 106 cm³/mol. The lowest BCUT2D eigenvalue weighted by Crippen LogP contribution is -1.97. The van der Waals surface area contributed by atoms with Gasteiger partial charge in [0.25, 0.3) is 0 Å². The molecular weight excluding hydrogens is 370 g/mol. The first-order valence-electron chi connectivity index (χ1n) is 7.62. The predicted octanol–water partition coefficient (Wildman–Crippen LogP) is 5.00. The minimum absolute atomic E-state index is 0.635. The minimum Gasteiger partial charge on any atom is -0.338 e. The van der Waals surface area contributed by atoms with E-state index in [4.69, 9.17) is 12.2 Å². The van der Waals surface area contributed by atoms with Crippen LogP contribution in [0.2, 0.25) is 0 Å². The van der Waals surface area contributed by atoms with Gasteiger partial charge in [0.2, 0.25) is 5.16 Å². The van der Waals surface area contributed by atoms with Crippen molar-refractivity contribution in [1.82, 2.24) is 24.7 Å². The zero-order chi connectivity index (χ0) is 16.8. The summed E-state index contributed by atoms with van der Waals surface area (Å²) in [6, 6.07) is 16.2. The van der Waals surface area contributed by atoms with Crippen molar-refractivity contribution in [3.05, 3.63) is 52.5 Å². The van der Waals surface area contributed by atoms with Crippen LogP contribution < -0.4 is 0 Å². The molecule has 0 spiro atoms. The molecule has 5 nitrogen and oxygen atoms in total. The number of fused-ring (bicyclic) bond motifs is 4. The van der Waals surface area contributed by atoms with E-state index in [2.05, 4.69) is 36.9 Å². The number of hydrogen-bond acceptors (Lipinski definition) is 6. The summed E-state index contributed by atoms with van der Waals surface area (Å²) < 4.78 is 4.16. The van der Waals surface area contributed by atoms with Gasteiger partial charge in [0.1, 0.15) is 5.52 Å². The average molecular weight is 382 g/mol. The Morgan fingerprint density at radius 1 is 1.08 bits per heavy atom. The number of thioether (sulfide) groups is 1. The van der Waals surface area contributed by atoms with Crippen LogP contribution in [-0.4, -0.2) is 24.7 Å². The Balaban J connectivity index is 1.50. The Kier molecular flexibility index (Phi) is 3.54. The lowest BCUT2D eigenvalue weighted by atomic mass is 10.2. The van der Waals surface area contributed by atoms with Crippen molar-refractivity contribution < 1.29 is 0 Å². The van der Waals surface area contributed by atoms with E-state index in [1.54, 1.807) is 11.3 Å². The molecule has 2 aromatic carbocycles. The maximum absolute atomic E-state index is 5.49. The van der Waals surface area contributed by atoms with E-state index >= 15 is 0 Å². The number of rotatable bonds is 3. The smallest absolute Gasteiger partial charge is 0.212 e. The van der Waals surface area contributed by atoms with Crippen LogP contribution in [0.25, 0.3) is 32.3 Å². The third-order valence-electron chi connectivity index (χ3n) is 4.00. The van der Waals surface area contributed by atoms with Crippen LogP contribution in [0.3, 0.4) is 0 Å². The van der Waals surface area contributed by atoms with Crippen molar-refractivity contribution >= 4 is 67.6 Å². The normalized spacial score (nSPS) is 11.7. The molecule has 5 rings (SSSR count). The maximum Gasteiger partial charge on any atom is 0.212 e. The number of aromatic amines is 1. The standard InChI is InChI=1S/C17H11N5S3/c23-17-22(12-7-3-4-8-13(12)25-17)9-24-16-19-15-14(20-21-16)10-5-1-2-6-11(10)18-15/h1-8H,9H2,(H,18,19,21). The van der Waals surface area contributed by atoms with Crippen molar-refractivity contribution in [1.29, 1.82) is 0 Å². The van der Waals surface area contributed by atoms with Crippen LogP contribution >= 0.6 is 35.3 Å². The highest BCUT2D eigenvalue weighted by Crippen LogP contribution is 2.27. The molecule has 0 bridgehead atoms. The zero-order valence-electron chi connectivity index (χ0n) is 12.8. The molecule has 0 atom stereocenters. The Morgan fingerprint density at radius 2 is 1.92 bits per heavy atom. The number of H-pyrrole nitrogens is 1. The summed E-state index contributed by atoms with van der Waals surface area (Å²) >= 11 is 8.65. The summed E-state index contributed by atoms with van der Waals surface area (Å²) in [5.41, 5.74) is 3.73. The first-order valence-corrected chi connectivity index (χ1v) is 9.83. The number of para-hydroxylation sites is 2. The first-order chi connectivity index (χ1) is 12.3. The summed E-state index contributed by atoms with van der Waals surface area (Å²) in [6.45, 7) is 0. The average Bonchev–Trinajstić information content (AvgIpc) is 3.16. The fourth-order valence-electron chi connectivity index (χ4n) is 2.83. The Labute approximate surface area is 155 Å². The van der Waals surface area contributed by atoms with Crippen molar-refractivity contribution in [2.75, 3.05) is 0 Å². The monoisotopic (exact) mass is 381 g/mol. The van der Waals surface area contributed by atoms with Gasteiger partial charge in [-0.2, -0.15) is 0 Å². The number of benzene rings is 2. The highest BCUT2D eigenvalue weighted by atomic mass is 32.2. The molecular formula is C17H11N5S3. The van der Waals surface area contributed by atoms with E-state index in [-0.39, 0.29) is 0 Å². The Bertz CT molecular complexity index is 1280. The summed E-state index contributed by atoms with van der Waals surface area (Å²) in [4.78, 5) is 7.91. The van der Waals surface area contributed by atoms with Gasteiger partial charge < -0.3 is 9.55 Å². The fraction of sp³-hybridized carbons (Fsp3) is 0.0588. The van der Waals surface area contributed by atoms with E-state index in [0.29, 0.717) is 11.0 Å². The second-order valence-electron chi connectivity index (χ2n) is 5.50. The molecule has 1 N–H and O–H groups in total. The fourth-order valence-corrected chi connectivity index (χ4v) is 5.08. The van der Waals surface area contributed by atoms with Crippen LogP contribution in [0.1, 0.15) is 0 Å². The highest BCUT2D eigenvalue weighted by molar-refractivity contribution is 7.98. The molecule has 0 aliphatic carbocycles. The molecule has 25 heavy (non-hydrogen) atoms. The number of nitrogens with zero attached hydrogens (tertiary/aromatic N) is 4. The lowest BCUT2D eigenvalue weighted by molar-refractivity contribution is 0.862. The molecule has 0 amide bonds. The molecule has 0 fully saturated rings. The molecule has 122 valence electrons. The van der Waals surface area contributed by atoms with Gasteiger partial charge in [0.05, 0.1) is 16.1 Å². The maximum atomic E-state index is 5.49. The molecule has 0 unspecified atom stereocenters. The molecule has 0 saturated heterocycles. The molecule has 0 saturated carbocycles.